The van der Waals surface area contributed by atoms with Crippen LogP contribution in [0, 0.1) is 11.7 Å². The van der Waals surface area contributed by atoms with E-state index in [4.69, 9.17) is 0 Å². The maximum Gasteiger partial charge on any atom is 0.225 e. The fourth-order valence-corrected chi connectivity index (χ4v) is 4.51. The number of nitrogens with one attached hydrogen (secondary N) is 2. The maximum atomic E-state index is 13.4. The number of hydrogen-bond acceptors (Lipinski definition) is 2. The lowest BCUT2D eigenvalue weighted by atomic mass is 9.79. The van der Waals surface area contributed by atoms with Gasteiger partial charge in [0.05, 0.1) is 0 Å². The van der Waals surface area contributed by atoms with Crippen molar-refractivity contribution in [3.05, 3.63) is 35.6 Å². The summed E-state index contributed by atoms with van der Waals surface area (Å²) in [7, 11) is 1.78. The Bertz CT molecular complexity index is 701. The molecule has 2 fully saturated rings. The van der Waals surface area contributed by atoms with Gasteiger partial charge in [0.1, 0.15) is 5.82 Å². The molecule has 5 nitrogen and oxygen atoms in total. The molecule has 3 rings (SSSR count). The van der Waals surface area contributed by atoms with Crippen LogP contribution in [-0.2, 0) is 10.2 Å². The first-order valence-electron chi connectivity index (χ1n) is 10.5. The van der Waals surface area contributed by atoms with Crippen LogP contribution in [0.15, 0.2) is 29.3 Å². The minimum absolute atomic E-state index is 0. The predicted octanol–water partition coefficient (Wildman–Crippen LogP) is 3.68. The van der Waals surface area contributed by atoms with E-state index in [1.54, 1.807) is 19.2 Å². The molecule has 7 heteroatoms. The highest BCUT2D eigenvalue weighted by atomic mass is 127. The summed E-state index contributed by atoms with van der Waals surface area (Å²) >= 11 is 0. The number of halogens is 2. The number of carbonyl (C=O) groups is 1. The van der Waals surface area contributed by atoms with Gasteiger partial charge in [0.25, 0.3) is 0 Å². The largest absolute Gasteiger partial charge is 0.356 e. The first-order valence-corrected chi connectivity index (χ1v) is 10.5. The molecule has 0 bridgehead atoms. The van der Waals surface area contributed by atoms with Crippen LogP contribution in [-0.4, -0.2) is 49.5 Å². The van der Waals surface area contributed by atoms with Crippen LogP contribution in [0.25, 0.3) is 0 Å². The van der Waals surface area contributed by atoms with Gasteiger partial charge in [0.15, 0.2) is 5.96 Å². The third-order valence-electron chi connectivity index (χ3n) is 6.17. The molecule has 0 aromatic heterocycles. The molecule has 1 heterocycles. The molecule has 1 aliphatic carbocycles. The first-order chi connectivity index (χ1) is 13.4. The Morgan fingerprint density at radius 1 is 1.28 bits per heavy atom. The lowest BCUT2D eigenvalue weighted by Crippen LogP contribution is -2.49. The second-order valence-corrected chi connectivity index (χ2v) is 8.49. The van der Waals surface area contributed by atoms with Gasteiger partial charge >= 0.3 is 0 Å². The molecule has 1 saturated carbocycles. The van der Waals surface area contributed by atoms with Crippen LogP contribution in [0.5, 0.6) is 0 Å². The van der Waals surface area contributed by atoms with E-state index in [1.807, 2.05) is 30.9 Å². The third kappa shape index (κ3) is 5.83. The van der Waals surface area contributed by atoms with Crippen molar-refractivity contribution in [1.29, 1.82) is 0 Å². The van der Waals surface area contributed by atoms with E-state index in [0.717, 1.165) is 44.9 Å². The van der Waals surface area contributed by atoms with Gasteiger partial charge in [0.2, 0.25) is 5.91 Å². The maximum absolute atomic E-state index is 13.4. The van der Waals surface area contributed by atoms with Gasteiger partial charge in [-0.3, -0.25) is 9.79 Å². The lowest BCUT2D eigenvalue weighted by molar-refractivity contribution is -0.133. The number of rotatable bonds is 5. The molecule has 2 N–H and O–H groups in total. The number of nitrogens with zero attached hydrogens (tertiary/aromatic N) is 2. The highest BCUT2D eigenvalue weighted by molar-refractivity contribution is 14.0. The van der Waals surface area contributed by atoms with Gasteiger partial charge in [-0.2, -0.15) is 0 Å². The summed E-state index contributed by atoms with van der Waals surface area (Å²) in [5, 5.41) is 6.98. The summed E-state index contributed by atoms with van der Waals surface area (Å²) < 4.78 is 13.4. The summed E-state index contributed by atoms with van der Waals surface area (Å²) in [6, 6.07) is 7.18. The number of aliphatic imine (C=N–C) groups is 1. The van der Waals surface area contributed by atoms with Crippen LogP contribution in [0.4, 0.5) is 4.39 Å². The number of benzene rings is 1. The molecule has 162 valence electrons. The average molecular weight is 516 g/mol. The Hall–Kier alpha value is -1.38. The lowest BCUT2D eigenvalue weighted by Gasteiger charge is -2.31. The monoisotopic (exact) mass is 516 g/mol. The van der Waals surface area contributed by atoms with Crippen molar-refractivity contribution in [3.8, 4) is 0 Å². The Morgan fingerprint density at radius 2 is 1.93 bits per heavy atom. The van der Waals surface area contributed by atoms with E-state index < -0.39 is 0 Å². The minimum Gasteiger partial charge on any atom is -0.356 e. The van der Waals surface area contributed by atoms with E-state index in [0.29, 0.717) is 0 Å². The zero-order chi connectivity index (χ0) is 20.1. The fraction of sp³-hybridized carbons (Fsp3) is 0.636. The Kier molecular flexibility index (Phi) is 8.73. The van der Waals surface area contributed by atoms with Crippen molar-refractivity contribution in [2.45, 2.75) is 57.4 Å². The van der Waals surface area contributed by atoms with Crippen molar-refractivity contribution >= 4 is 35.8 Å². The van der Waals surface area contributed by atoms with Gasteiger partial charge in [-0.15, -0.1) is 24.0 Å². The number of likely N-dealkylation sites (tertiary alicyclic amines) is 1. The second-order valence-electron chi connectivity index (χ2n) is 8.49. The van der Waals surface area contributed by atoms with Gasteiger partial charge in [-0.25, -0.2) is 4.39 Å². The quantitative estimate of drug-likeness (QED) is 0.357. The molecule has 2 aliphatic rings. The van der Waals surface area contributed by atoms with Crippen molar-refractivity contribution in [2.75, 3.05) is 26.7 Å². The zero-order valence-corrected chi connectivity index (χ0v) is 20.0. The summed E-state index contributed by atoms with van der Waals surface area (Å²) in [6.45, 7) is 6.19. The molecule has 1 unspecified atom stereocenters. The van der Waals surface area contributed by atoms with E-state index in [9.17, 15) is 9.18 Å². The first kappa shape index (κ1) is 23.9. The van der Waals surface area contributed by atoms with Crippen LogP contribution >= 0.6 is 24.0 Å². The van der Waals surface area contributed by atoms with Crippen molar-refractivity contribution in [1.82, 2.24) is 15.5 Å². The standard InChI is InChI=1S/C22H33FN4O.HI/c1-16(2)20(28)27-13-10-19(14-27)26-21(24-3)25-15-22(11-4-5-12-22)17-6-8-18(23)9-7-17;/h6-9,16,19H,4-5,10-15H2,1-3H3,(H2,24,25,26);1H. The smallest absolute Gasteiger partial charge is 0.225 e. The third-order valence-corrected chi connectivity index (χ3v) is 6.17. The van der Waals surface area contributed by atoms with E-state index >= 15 is 0 Å². The van der Waals surface area contributed by atoms with Crippen LogP contribution in [0.2, 0.25) is 0 Å². The van der Waals surface area contributed by atoms with Crippen molar-refractivity contribution in [2.24, 2.45) is 10.9 Å². The van der Waals surface area contributed by atoms with Gasteiger partial charge in [-0.05, 0) is 37.0 Å². The molecular formula is C22H34FIN4O. The molecule has 0 radical (unpaired) electrons. The molecule has 1 saturated heterocycles. The summed E-state index contributed by atoms with van der Waals surface area (Å²) in [5.41, 5.74) is 1.23. The van der Waals surface area contributed by atoms with Crippen LogP contribution < -0.4 is 10.6 Å². The normalized spacial score (nSPS) is 21.2. The molecule has 29 heavy (non-hydrogen) atoms. The summed E-state index contributed by atoms with van der Waals surface area (Å²) in [4.78, 5) is 18.5. The number of hydrogen-bond donors (Lipinski definition) is 2. The van der Waals surface area contributed by atoms with Gasteiger partial charge < -0.3 is 15.5 Å². The molecule has 1 aromatic rings. The van der Waals surface area contributed by atoms with Crippen LogP contribution in [0.1, 0.15) is 51.5 Å². The summed E-state index contributed by atoms with van der Waals surface area (Å²) in [5.74, 6) is 0.837. The van der Waals surface area contributed by atoms with E-state index in [1.165, 1.54) is 18.4 Å². The van der Waals surface area contributed by atoms with Crippen molar-refractivity contribution in [3.63, 3.8) is 0 Å². The van der Waals surface area contributed by atoms with E-state index in [-0.39, 0.29) is 53.1 Å². The van der Waals surface area contributed by atoms with Gasteiger partial charge in [-0.1, -0.05) is 38.8 Å². The number of amides is 1. The highest BCUT2D eigenvalue weighted by Crippen LogP contribution is 2.40. The van der Waals surface area contributed by atoms with E-state index in [2.05, 4.69) is 15.6 Å². The second kappa shape index (κ2) is 10.6. The Morgan fingerprint density at radius 3 is 2.52 bits per heavy atom. The topological polar surface area (TPSA) is 56.7 Å². The summed E-state index contributed by atoms with van der Waals surface area (Å²) in [6.07, 6.45) is 5.52. The fourth-order valence-electron chi connectivity index (χ4n) is 4.51. The molecule has 0 spiro atoms. The molecule has 1 aromatic carbocycles. The average Bonchev–Trinajstić information content (AvgIpc) is 3.35. The van der Waals surface area contributed by atoms with Gasteiger partial charge in [0, 0.05) is 44.1 Å². The predicted molar refractivity (Wildman–Crippen MR) is 126 cm³/mol. The molecule has 1 amide bonds. The Balaban J connectivity index is 0.00000300. The highest BCUT2D eigenvalue weighted by Gasteiger charge is 2.36. The Labute approximate surface area is 190 Å². The molecular weight excluding hydrogens is 482 g/mol. The zero-order valence-electron chi connectivity index (χ0n) is 17.7. The number of guanidine groups is 1. The van der Waals surface area contributed by atoms with Crippen LogP contribution in [0.3, 0.4) is 0 Å². The molecule has 1 atom stereocenters. The number of carbonyl (C=O) groups excluding carboxylic acids is 1. The SMILES string of the molecule is CN=C(NCC1(c2ccc(F)cc2)CCCC1)NC1CCN(C(=O)C(C)C)C1.I. The minimum atomic E-state index is -0.191. The molecule has 1 aliphatic heterocycles. The van der Waals surface area contributed by atoms with Crippen molar-refractivity contribution < 1.29 is 9.18 Å².